The number of carbonyl (C=O) groups excluding carboxylic acids is 1. The minimum absolute atomic E-state index is 0.142. The summed E-state index contributed by atoms with van der Waals surface area (Å²) in [6, 6.07) is 12.1. The van der Waals surface area contributed by atoms with Crippen LogP contribution in [-0.2, 0) is 4.79 Å². The Morgan fingerprint density at radius 2 is 1.72 bits per heavy atom. The molecule has 1 aromatic heterocycles. The van der Waals surface area contributed by atoms with Gasteiger partial charge in [-0.25, -0.2) is 18.7 Å². The largest absolute Gasteiger partial charge is 0.340 e. The minimum Gasteiger partial charge on any atom is -0.340 e. The van der Waals surface area contributed by atoms with E-state index in [2.05, 4.69) is 15.3 Å². The van der Waals surface area contributed by atoms with Crippen LogP contribution >= 0.6 is 0 Å². The number of carbonyl (C=O) groups is 1. The molecule has 0 aliphatic carbocycles. The number of benzene rings is 2. The maximum Gasteiger partial charge on any atom is 0.229 e. The van der Waals surface area contributed by atoms with E-state index in [0.29, 0.717) is 23.7 Å². The Kier molecular flexibility index (Phi) is 5.46. The molecule has 0 spiro atoms. The van der Waals surface area contributed by atoms with Gasteiger partial charge in [-0.2, -0.15) is 0 Å². The first kappa shape index (κ1) is 19.0. The Hall–Kier alpha value is -3.35. The Morgan fingerprint density at radius 1 is 1.00 bits per heavy atom. The average molecular weight is 394 g/mol. The molecule has 0 bridgehead atoms. The summed E-state index contributed by atoms with van der Waals surface area (Å²) in [7, 11) is 0. The monoisotopic (exact) mass is 394 g/mol. The molecule has 1 aliphatic rings. The van der Waals surface area contributed by atoms with Crippen LogP contribution in [0.25, 0.3) is 11.1 Å². The number of nitrogens with one attached hydrogen (secondary N) is 1. The molecule has 1 aliphatic heterocycles. The lowest BCUT2D eigenvalue weighted by atomic mass is 9.97. The van der Waals surface area contributed by atoms with Gasteiger partial charge in [-0.15, -0.1) is 0 Å². The van der Waals surface area contributed by atoms with Crippen molar-refractivity contribution in [3.63, 3.8) is 0 Å². The Labute approximate surface area is 167 Å². The van der Waals surface area contributed by atoms with Crippen molar-refractivity contribution in [1.29, 1.82) is 0 Å². The van der Waals surface area contributed by atoms with Crippen LogP contribution in [0.3, 0.4) is 0 Å². The lowest BCUT2D eigenvalue weighted by molar-refractivity contribution is -0.120. The van der Waals surface area contributed by atoms with Gasteiger partial charge in [0.05, 0.1) is 5.92 Å². The van der Waals surface area contributed by atoms with E-state index in [1.807, 2.05) is 4.90 Å². The minimum atomic E-state index is -0.389. The molecule has 0 saturated carbocycles. The average Bonchev–Trinajstić information content (AvgIpc) is 2.74. The van der Waals surface area contributed by atoms with Gasteiger partial charge in [0.25, 0.3) is 0 Å². The molecule has 5 nitrogen and oxygen atoms in total. The zero-order valence-electron chi connectivity index (χ0n) is 15.7. The van der Waals surface area contributed by atoms with Gasteiger partial charge in [-0.1, -0.05) is 18.2 Å². The molecule has 3 aromatic rings. The summed E-state index contributed by atoms with van der Waals surface area (Å²) in [6.45, 7) is 1.24. The quantitative estimate of drug-likeness (QED) is 0.718. The lowest BCUT2D eigenvalue weighted by Crippen LogP contribution is -2.41. The van der Waals surface area contributed by atoms with E-state index in [4.69, 9.17) is 0 Å². The molecule has 148 valence electrons. The fourth-order valence-electron chi connectivity index (χ4n) is 3.48. The third-order valence-corrected chi connectivity index (χ3v) is 4.96. The highest BCUT2D eigenvalue weighted by atomic mass is 19.1. The Morgan fingerprint density at radius 3 is 2.45 bits per heavy atom. The van der Waals surface area contributed by atoms with Crippen LogP contribution in [0.5, 0.6) is 0 Å². The maximum absolute atomic E-state index is 13.4. The first-order valence-corrected chi connectivity index (χ1v) is 9.48. The first-order chi connectivity index (χ1) is 14.1. The molecule has 0 unspecified atom stereocenters. The van der Waals surface area contributed by atoms with Gasteiger partial charge in [0.1, 0.15) is 11.6 Å². The summed E-state index contributed by atoms with van der Waals surface area (Å²) >= 11 is 0. The number of hydrogen-bond donors (Lipinski definition) is 1. The van der Waals surface area contributed by atoms with Crippen molar-refractivity contribution in [2.24, 2.45) is 5.92 Å². The van der Waals surface area contributed by atoms with Crippen LogP contribution in [0.2, 0.25) is 0 Å². The zero-order valence-corrected chi connectivity index (χ0v) is 15.7. The van der Waals surface area contributed by atoms with Gasteiger partial charge in [-0.05, 0) is 48.7 Å². The second-order valence-electron chi connectivity index (χ2n) is 7.07. The summed E-state index contributed by atoms with van der Waals surface area (Å²) < 4.78 is 26.7. The summed E-state index contributed by atoms with van der Waals surface area (Å²) in [6.07, 6.45) is 4.90. The molecule has 7 heteroatoms. The fourth-order valence-corrected chi connectivity index (χ4v) is 3.48. The van der Waals surface area contributed by atoms with Gasteiger partial charge in [0.2, 0.25) is 11.9 Å². The normalized spacial score (nSPS) is 16.5. The molecule has 0 radical (unpaired) electrons. The molecule has 1 N–H and O–H groups in total. The lowest BCUT2D eigenvalue weighted by Gasteiger charge is -2.32. The van der Waals surface area contributed by atoms with E-state index in [0.717, 1.165) is 24.9 Å². The van der Waals surface area contributed by atoms with E-state index in [-0.39, 0.29) is 23.5 Å². The second kappa shape index (κ2) is 8.34. The zero-order chi connectivity index (χ0) is 20.2. The SMILES string of the molecule is O=C(Nc1cccc(F)c1)[C@H]1CCCN(c2ncc(-c3cccc(F)c3)cn2)C1. The molecule has 1 amide bonds. The Balaban J connectivity index is 1.43. The third-order valence-electron chi connectivity index (χ3n) is 4.96. The van der Waals surface area contributed by atoms with Gasteiger partial charge >= 0.3 is 0 Å². The van der Waals surface area contributed by atoms with Gasteiger partial charge in [-0.3, -0.25) is 4.79 Å². The third kappa shape index (κ3) is 4.56. The van der Waals surface area contributed by atoms with Crippen LogP contribution in [0.1, 0.15) is 12.8 Å². The molecule has 1 fully saturated rings. The van der Waals surface area contributed by atoms with Crippen molar-refractivity contribution >= 4 is 17.5 Å². The van der Waals surface area contributed by atoms with E-state index < -0.39 is 0 Å². The van der Waals surface area contributed by atoms with Crippen molar-refractivity contribution in [2.75, 3.05) is 23.3 Å². The first-order valence-electron chi connectivity index (χ1n) is 9.48. The number of amides is 1. The molecule has 4 rings (SSSR count). The molecule has 1 saturated heterocycles. The molecule has 2 heterocycles. The van der Waals surface area contributed by atoms with E-state index in [1.165, 1.54) is 24.3 Å². The highest BCUT2D eigenvalue weighted by Crippen LogP contribution is 2.24. The van der Waals surface area contributed by atoms with Crippen molar-refractivity contribution in [3.8, 4) is 11.1 Å². The number of anilines is 2. The topological polar surface area (TPSA) is 58.1 Å². The fraction of sp³-hybridized carbons (Fsp3) is 0.227. The van der Waals surface area contributed by atoms with Crippen LogP contribution < -0.4 is 10.2 Å². The number of hydrogen-bond acceptors (Lipinski definition) is 4. The number of aromatic nitrogens is 2. The summed E-state index contributed by atoms with van der Waals surface area (Å²) in [5, 5.41) is 2.78. The Bertz CT molecular complexity index is 1010. The van der Waals surface area contributed by atoms with Crippen molar-refractivity contribution in [1.82, 2.24) is 9.97 Å². The second-order valence-corrected chi connectivity index (χ2v) is 7.07. The smallest absolute Gasteiger partial charge is 0.229 e. The maximum atomic E-state index is 13.4. The van der Waals surface area contributed by atoms with Crippen LogP contribution in [-0.4, -0.2) is 29.0 Å². The number of halogens is 2. The van der Waals surface area contributed by atoms with Crippen LogP contribution in [0.4, 0.5) is 20.4 Å². The highest BCUT2D eigenvalue weighted by Gasteiger charge is 2.27. The van der Waals surface area contributed by atoms with Gasteiger partial charge < -0.3 is 10.2 Å². The molecular weight excluding hydrogens is 374 g/mol. The molecule has 2 aromatic carbocycles. The predicted octanol–water partition coefficient (Wildman–Crippen LogP) is 4.28. The molecule has 1 atom stereocenters. The van der Waals surface area contributed by atoms with Gasteiger partial charge in [0.15, 0.2) is 0 Å². The standard InChI is InChI=1S/C22H20F2N4O/c23-18-6-1-4-15(10-18)17-12-25-22(26-13-17)28-9-3-5-16(14-28)21(29)27-20-8-2-7-19(24)11-20/h1-2,4,6-8,10-13,16H,3,5,9,14H2,(H,27,29)/t16-/m0/s1. The molecule has 29 heavy (non-hydrogen) atoms. The summed E-state index contributed by atoms with van der Waals surface area (Å²) in [4.78, 5) is 23.4. The number of piperidine rings is 1. The van der Waals surface area contributed by atoms with Crippen molar-refractivity contribution in [2.45, 2.75) is 12.8 Å². The number of rotatable bonds is 4. The van der Waals surface area contributed by atoms with Crippen molar-refractivity contribution in [3.05, 3.63) is 72.6 Å². The van der Waals surface area contributed by atoms with E-state index in [1.54, 1.807) is 36.7 Å². The van der Waals surface area contributed by atoms with Crippen LogP contribution in [0.15, 0.2) is 60.9 Å². The van der Waals surface area contributed by atoms with E-state index >= 15 is 0 Å². The number of nitrogens with zero attached hydrogens (tertiary/aromatic N) is 3. The summed E-state index contributed by atoms with van der Waals surface area (Å²) in [5.41, 5.74) is 1.89. The van der Waals surface area contributed by atoms with E-state index in [9.17, 15) is 13.6 Å². The van der Waals surface area contributed by atoms with Crippen LogP contribution in [0, 0.1) is 17.6 Å². The summed E-state index contributed by atoms with van der Waals surface area (Å²) in [5.74, 6) is -0.543. The highest BCUT2D eigenvalue weighted by molar-refractivity contribution is 5.93. The predicted molar refractivity (Wildman–Crippen MR) is 107 cm³/mol. The van der Waals surface area contributed by atoms with Gasteiger partial charge in [0, 0.05) is 36.7 Å². The van der Waals surface area contributed by atoms with Crippen molar-refractivity contribution < 1.29 is 13.6 Å². The molecular formula is C22H20F2N4O.